The van der Waals surface area contributed by atoms with E-state index in [2.05, 4.69) is 20.5 Å². The molecule has 98 valence electrons. The largest absolute Gasteiger partial charge is 0.508 e. The monoisotopic (exact) mass is 260 g/mol. The fourth-order valence-corrected chi connectivity index (χ4v) is 1.36. The van der Waals surface area contributed by atoms with Gasteiger partial charge in [-0.2, -0.15) is 5.10 Å². The number of nitrogens with one attached hydrogen (secondary N) is 1. The van der Waals surface area contributed by atoms with Crippen molar-refractivity contribution in [3.8, 4) is 17.4 Å². The molecule has 3 N–H and O–H groups in total. The summed E-state index contributed by atoms with van der Waals surface area (Å²) in [5.74, 6) is 0.587. The minimum Gasteiger partial charge on any atom is -0.508 e. The highest BCUT2D eigenvalue weighted by molar-refractivity contribution is 5.84. The SMILES string of the molecule is COc1nccnc1N/N=C/c1ccc(O)cc1O. The molecule has 7 nitrogen and oxygen atoms in total. The van der Waals surface area contributed by atoms with Crippen LogP contribution in [0.5, 0.6) is 17.4 Å². The molecule has 7 heteroatoms. The fraction of sp³-hybridized carbons (Fsp3) is 0.0833. The predicted molar refractivity (Wildman–Crippen MR) is 69.6 cm³/mol. The van der Waals surface area contributed by atoms with Crippen molar-refractivity contribution in [2.24, 2.45) is 5.10 Å². The smallest absolute Gasteiger partial charge is 0.258 e. The van der Waals surface area contributed by atoms with Gasteiger partial charge in [0.25, 0.3) is 5.88 Å². The number of phenolic OH excluding ortho intramolecular Hbond substituents is 2. The third kappa shape index (κ3) is 3.09. The zero-order chi connectivity index (χ0) is 13.7. The van der Waals surface area contributed by atoms with Gasteiger partial charge in [0.1, 0.15) is 11.5 Å². The van der Waals surface area contributed by atoms with Crippen LogP contribution in [0, 0.1) is 0 Å². The molecule has 0 aliphatic heterocycles. The Kier molecular flexibility index (Phi) is 3.77. The molecule has 0 aliphatic carbocycles. The highest BCUT2D eigenvalue weighted by Gasteiger charge is 2.03. The zero-order valence-electron chi connectivity index (χ0n) is 10.1. The zero-order valence-corrected chi connectivity index (χ0v) is 10.1. The van der Waals surface area contributed by atoms with Crippen molar-refractivity contribution < 1.29 is 14.9 Å². The highest BCUT2D eigenvalue weighted by Crippen LogP contribution is 2.21. The first kappa shape index (κ1) is 12.6. The molecule has 0 bridgehead atoms. The quantitative estimate of drug-likeness (QED) is 0.566. The van der Waals surface area contributed by atoms with Crippen LogP contribution in [-0.4, -0.2) is 33.5 Å². The lowest BCUT2D eigenvalue weighted by atomic mass is 10.2. The fourth-order valence-electron chi connectivity index (χ4n) is 1.36. The van der Waals surface area contributed by atoms with Gasteiger partial charge in [-0.1, -0.05) is 0 Å². The van der Waals surface area contributed by atoms with Gasteiger partial charge < -0.3 is 14.9 Å². The Morgan fingerprint density at radius 2 is 2.05 bits per heavy atom. The molecule has 0 saturated carbocycles. The number of nitrogens with zero attached hydrogens (tertiary/aromatic N) is 3. The van der Waals surface area contributed by atoms with Gasteiger partial charge in [-0.3, -0.25) is 5.43 Å². The average Bonchev–Trinajstić information content (AvgIpc) is 2.42. The van der Waals surface area contributed by atoms with E-state index in [9.17, 15) is 5.11 Å². The molecular weight excluding hydrogens is 248 g/mol. The standard InChI is InChI=1S/C12H12N4O3/c1-19-12-11(13-4-5-14-12)16-15-7-8-2-3-9(17)6-10(8)18/h2-7,17-18H,1H3,(H,13,16)/b15-7+. The first-order valence-electron chi connectivity index (χ1n) is 5.37. The number of hydrazone groups is 1. The van der Waals surface area contributed by atoms with Crippen molar-refractivity contribution in [1.82, 2.24) is 9.97 Å². The van der Waals surface area contributed by atoms with Crippen LogP contribution in [0.2, 0.25) is 0 Å². The van der Waals surface area contributed by atoms with E-state index in [0.717, 1.165) is 0 Å². The summed E-state index contributed by atoms with van der Waals surface area (Å²) in [6, 6.07) is 4.21. The maximum absolute atomic E-state index is 9.56. The number of benzene rings is 1. The van der Waals surface area contributed by atoms with Crippen LogP contribution in [0.1, 0.15) is 5.56 Å². The molecule has 0 amide bonds. The number of phenols is 2. The number of rotatable bonds is 4. The summed E-state index contributed by atoms with van der Waals surface area (Å²) in [5.41, 5.74) is 3.10. The number of anilines is 1. The third-order valence-electron chi connectivity index (χ3n) is 2.25. The van der Waals surface area contributed by atoms with E-state index in [1.807, 2.05) is 0 Å². The van der Waals surface area contributed by atoms with Crippen LogP contribution >= 0.6 is 0 Å². The molecule has 0 atom stereocenters. The van der Waals surface area contributed by atoms with Crippen molar-refractivity contribution in [2.45, 2.75) is 0 Å². The summed E-state index contributed by atoms with van der Waals surface area (Å²) in [6.07, 6.45) is 4.39. The molecule has 1 aromatic carbocycles. The first-order chi connectivity index (χ1) is 9.20. The van der Waals surface area contributed by atoms with Crippen molar-refractivity contribution in [3.63, 3.8) is 0 Å². The molecule has 19 heavy (non-hydrogen) atoms. The molecule has 0 radical (unpaired) electrons. The summed E-state index contributed by atoms with van der Waals surface area (Å²) in [5, 5.41) is 22.6. The Labute approximate surface area is 109 Å². The molecule has 0 aliphatic rings. The van der Waals surface area contributed by atoms with Crippen LogP contribution in [-0.2, 0) is 0 Å². The highest BCUT2D eigenvalue weighted by atomic mass is 16.5. The number of aromatic hydroxyl groups is 2. The Hall–Kier alpha value is -2.83. The van der Waals surface area contributed by atoms with Gasteiger partial charge in [-0.25, -0.2) is 9.97 Å². The molecule has 2 aromatic rings. The Morgan fingerprint density at radius 3 is 2.79 bits per heavy atom. The minimum absolute atomic E-state index is 0.0156. The maximum atomic E-state index is 9.56. The van der Waals surface area contributed by atoms with Gasteiger partial charge in [0.15, 0.2) is 0 Å². The van der Waals surface area contributed by atoms with Gasteiger partial charge >= 0.3 is 0 Å². The second-order valence-corrected chi connectivity index (χ2v) is 3.53. The summed E-state index contributed by atoms with van der Waals surface area (Å²) in [6.45, 7) is 0. The van der Waals surface area contributed by atoms with E-state index < -0.39 is 0 Å². The number of hydrogen-bond acceptors (Lipinski definition) is 7. The number of aromatic nitrogens is 2. The average molecular weight is 260 g/mol. The lowest BCUT2D eigenvalue weighted by Gasteiger charge is -2.04. The summed E-state index contributed by atoms with van der Waals surface area (Å²) < 4.78 is 5.00. The Bertz CT molecular complexity index is 601. The van der Waals surface area contributed by atoms with Crippen LogP contribution in [0.4, 0.5) is 5.82 Å². The van der Waals surface area contributed by atoms with Crippen LogP contribution in [0.25, 0.3) is 0 Å². The van der Waals surface area contributed by atoms with E-state index in [1.54, 1.807) is 0 Å². The number of methoxy groups -OCH3 is 1. The van der Waals surface area contributed by atoms with Gasteiger partial charge in [0.05, 0.1) is 13.3 Å². The molecule has 0 unspecified atom stereocenters. The topological polar surface area (TPSA) is 99.9 Å². The molecule has 0 saturated heterocycles. The van der Waals surface area contributed by atoms with Crippen molar-refractivity contribution in [2.75, 3.05) is 12.5 Å². The van der Waals surface area contributed by atoms with E-state index in [1.165, 1.54) is 43.9 Å². The van der Waals surface area contributed by atoms with E-state index in [-0.39, 0.29) is 11.5 Å². The van der Waals surface area contributed by atoms with Gasteiger partial charge in [-0.15, -0.1) is 0 Å². The van der Waals surface area contributed by atoms with Gasteiger partial charge in [-0.05, 0) is 12.1 Å². The Morgan fingerprint density at radius 1 is 1.26 bits per heavy atom. The second-order valence-electron chi connectivity index (χ2n) is 3.53. The van der Waals surface area contributed by atoms with E-state index in [4.69, 9.17) is 9.84 Å². The normalized spacial score (nSPS) is 10.6. The molecule has 1 aromatic heterocycles. The Balaban J connectivity index is 2.11. The number of hydrogen-bond donors (Lipinski definition) is 3. The third-order valence-corrected chi connectivity index (χ3v) is 2.25. The summed E-state index contributed by atoms with van der Waals surface area (Å²) >= 11 is 0. The van der Waals surface area contributed by atoms with Crippen molar-refractivity contribution in [1.29, 1.82) is 0 Å². The van der Waals surface area contributed by atoms with Gasteiger partial charge in [0, 0.05) is 24.0 Å². The van der Waals surface area contributed by atoms with E-state index >= 15 is 0 Å². The van der Waals surface area contributed by atoms with Crippen LogP contribution in [0.3, 0.4) is 0 Å². The predicted octanol–water partition coefficient (Wildman–Crippen LogP) is 1.34. The molecular formula is C12H12N4O3. The van der Waals surface area contributed by atoms with Crippen LogP contribution < -0.4 is 10.2 Å². The van der Waals surface area contributed by atoms with Crippen LogP contribution in [0.15, 0.2) is 35.7 Å². The molecule has 1 heterocycles. The van der Waals surface area contributed by atoms with E-state index in [0.29, 0.717) is 17.3 Å². The molecule has 2 rings (SSSR count). The molecule has 0 spiro atoms. The lowest BCUT2D eigenvalue weighted by molar-refractivity contribution is 0.398. The summed E-state index contributed by atoms with van der Waals surface area (Å²) in [7, 11) is 1.48. The van der Waals surface area contributed by atoms with Gasteiger partial charge in [0.2, 0.25) is 5.82 Å². The lowest BCUT2D eigenvalue weighted by Crippen LogP contribution is -1.98. The summed E-state index contributed by atoms with van der Waals surface area (Å²) in [4.78, 5) is 7.95. The number of ether oxygens (including phenoxy) is 1. The van der Waals surface area contributed by atoms with Crippen molar-refractivity contribution in [3.05, 3.63) is 36.2 Å². The minimum atomic E-state index is -0.0725. The maximum Gasteiger partial charge on any atom is 0.258 e. The van der Waals surface area contributed by atoms with Crippen molar-refractivity contribution >= 4 is 12.0 Å². The second kappa shape index (κ2) is 5.67. The first-order valence-corrected chi connectivity index (χ1v) is 5.37. The molecule has 0 fully saturated rings.